The Hall–Kier alpha value is -1.69. The first-order valence-corrected chi connectivity index (χ1v) is 6.51. The second kappa shape index (κ2) is 4.05. The molecule has 0 spiro atoms. The highest BCUT2D eigenvalue weighted by atomic mass is 32.2. The lowest BCUT2D eigenvalue weighted by atomic mass is 10.2. The first-order chi connectivity index (χ1) is 7.55. The molecule has 0 fully saturated rings. The van der Waals surface area contributed by atoms with Crippen LogP contribution in [0.2, 0.25) is 0 Å². The van der Waals surface area contributed by atoms with E-state index in [1.54, 1.807) is 0 Å². The van der Waals surface area contributed by atoms with Gasteiger partial charge in [-0.05, 0) is 5.56 Å². The second-order valence-electron chi connectivity index (χ2n) is 3.40. The third kappa shape index (κ3) is 2.46. The summed E-state index contributed by atoms with van der Waals surface area (Å²) in [5.74, 6) is 0.298. The van der Waals surface area contributed by atoms with Crippen LogP contribution in [0.3, 0.4) is 0 Å². The van der Waals surface area contributed by atoms with Crippen LogP contribution in [-0.4, -0.2) is 24.9 Å². The molecule has 0 aliphatic rings. The summed E-state index contributed by atoms with van der Waals surface area (Å²) < 4.78 is 27.2. The Morgan fingerprint density at radius 1 is 1.19 bits per heavy atom. The monoisotopic (exact) mass is 238 g/mol. The topological polar surface area (TPSA) is 73.1 Å². The van der Waals surface area contributed by atoms with E-state index in [4.69, 9.17) is 4.42 Å². The quantitative estimate of drug-likeness (QED) is 0.799. The normalized spacial score (nSPS) is 11.6. The van der Waals surface area contributed by atoms with Crippen molar-refractivity contribution >= 4 is 9.84 Å². The summed E-state index contributed by atoms with van der Waals surface area (Å²) in [6.07, 6.45) is 1.47. The molecule has 5 nitrogen and oxygen atoms in total. The minimum Gasteiger partial charge on any atom is -0.412 e. The Bertz CT molecular complexity index is 575. The Balaban J connectivity index is 2.22. The molecule has 0 aliphatic heterocycles. The molecule has 0 atom stereocenters. The van der Waals surface area contributed by atoms with Crippen LogP contribution in [0.4, 0.5) is 0 Å². The average Bonchev–Trinajstić information content (AvgIpc) is 2.67. The number of benzene rings is 1. The van der Waals surface area contributed by atoms with Crippen LogP contribution >= 0.6 is 0 Å². The van der Waals surface area contributed by atoms with E-state index in [0.717, 1.165) is 11.8 Å². The van der Waals surface area contributed by atoms with Gasteiger partial charge < -0.3 is 4.42 Å². The van der Waals surface area contributed by atoms with E-state index in [9.17, 15) is 8.42 Å². The summed E-state index contributed by atoms with van der Waals surface area (Å²) in [6.45, 7) is 0. The van der Waals surface area contributed by atoms with Crippen molar-refractivity contribution in [3.8, 4) is 0 Å². The molecule has 0 radical (unpaired) electrons. The van der Waals surface area contributed by atoms with E-state index < -0.39 is 9.84 Å². The summed E-state index contributed by atoms with van der Waals surface area (Å²) in [5, 5.41) is 6.83. The number of sulfone groups is 1. The molecular weight excluding hydrogens is 228 g/mol. The molecule has 0 unspecified atom stereocenters. The van der Waals surface area contributed by atoms with Gasteiger partial charge in [0.05, 0.1) is 6.42 Å². The number of rotatable bonds is 3. The van der Waals surface area contributed by atoms with Gasteiger partial charge in [0.25, 0.3) is 0 Å². The van der Waals surface area contributed by atoms with E-state index in [1.807, 2.05) is 30.3 Å². The molecule has 1 heterocycles. The van der Waals surface area contributed by atoms with Gasteiger partial charge >= 0.3 is 5.22 Å². The molecular formula is C10H10N2O3S. The van der Waals surface area contributed by atoms with Gasteiger partial charge in [-0.3, -0.25) is 0 Å². The largest absolute Gasteiger partial charge is 0.412 e. The predicted octanol–water partition coefficient (Wildman–Crippen LogP) is 1.06. The van der Waals surface area contributed by atoms with Crippen LogP contribution in [-0.2, 0) is 16.3 Å². The van der Waals surface area contributed by atoms with Crippen molar-refractivity contribution in [1.82, 2.24) is 10.2 Å². The third-order valence-electron chi connectivity index (χ3n) is 1.96. The smallest absolute Gasteiger partial charge is 0.335 e. The van der Waals surface area contributed by atoms with E-state index in [1.165, 1.54) is 0 Å². The summed E-state index contributed by atoms with van der Waals surface area (Å²) >= 11 is 0. The number of nitrogens with zero attached hydrogens (tertiary/aromatic N) is 2. The van der Waals surface area contributed by atoms with Gasteiger partial charge in [0.15, 0.2) is 0 Å². The Morgan fingerprint density at radius 3 is 2.44 bits per heavy atom. The van der Waals surface area contributed by atoms with Gasteiger partial charge in [-0.2, -0.15) is 0 Å². The van der Waals surface area contributed by atoms with E-state index >= 15 is 0 Å². The van der Waals surface area contributed by atoms with Crippen LogP contribution in [0.15, 0.2) is 40.0 Å². The fourth-order valence-electron chi connectivity index (χ4n) is 1.23. The molecule has 1 aromatic heterocycles. The Labute approximate surface area is 93.0 Å². The molecule has 16 heavy (non-hydrogen) atoms. The van der Waals surface area contributed by atoms with E-state index in [0.29, 0.717) is 12.3 Å². The standard InChI is InChI=1S/C10H10N2O3S/c1-16(13,14)10-12-11-9(15-10)7-8-5-3-2-4-6-8/h2-6H,7H2,1H3. The van der Waals surface area contributed by atoms with Crippen LogP contribution in [0, 0.1) is 0 Å². The van der Waals surface area contributed by atoms with Crippen LogP contribution in [0.1, 0.15) is 11.5 Å². The van der Waals surface area contributed by atoms with Crippen molar-refractivity contribution in [2.24, 2.45) is 0 Å². The van der Waals surface area contributed by atoms with E-state index in [2.05, 4.69) is 10.2 Å². The van der Waals surface area contributed by atoms with E-state index in [-0.39, 0.29) is 5.22 Å². The summed E-state index contributed by atoms with van der Waals surface area (Å²) in [5.41, 5.74) is 0.992. The molecule has 0 saturated carbocycles. The van der Waals surface area contributed by atoms with Crippen molar-refractivity contribution in [2.75, 3.05) is 6.26 Å². The lowest BCUT2D eigenvalue weighted by Crippen LogP contribution is -1.96. The zero-order chi connectivity index (χ0) is 11.6. The van der Waals surface area contributed by atoms with Gasteiger partial charge in [0.1, 0.15) is 0 Å². The van der Waals surface area contributed by atoms with Crippen LogP contribution in [0.5, 0.6) is 0 Å². The molecule has 1 aromatic carbocycles. The van der Waals surface area contributed by atoms with Gasteiger partial charge in [0.2, 0.25) is 15.7 Å². The highest BCUT2D eigenvalue weighted by molar-refractivity contribution is 7.90. The Kier molecular flexibility index (Phi) is 2.74. The van der Waals surface area contributed by atoms with Crippen molar-refractivity contribution in [3.05, 3.63) is 41.8 Å². The molecule has 84 valence electrons. The minimum absolute atomic E-state index is 0.298. The van der Waals surface area contributed by atoms with Crippen LogP contribution < -0.4 is 0 Å². The minimum atomic E-state index is -3.41. The fraction of sp³-hybridized carbons (Fsp3) is 0.200. The lowest BCUT2D eigenvalue weighted by Gasteiger charge is -1.94. The molecule has 0 bridgehead atoms. The average molecular weight is 238 g/mol. The SMILES string of the molecule is CS(=O)(=O)c1nnc(Cc2ccccc2)o1. The first-order valence-electron chi connectivity index (χ1n) is 4.62. The lowest BCUT2D eigenvalue weighted by molar-refractivity contribution is 0.403. The highest BCUT2D eigenvalue weighted by Gasteiger charge is 2.16. The van der Waals surface area contributed by atoms with Gasteiger partial charge in [-0.25, -0.2) is 8.42 Å². The maximum atomic E-state index is 11.1. The molecule has 2 rings (SSSR count). The summed E-state index contributed by atoms with van der Waals surface area (Å²) in [7, 11) is -3.41. The molecule has 0 saturated heterocycles. The number of hydrogen-bond acceptors (Lipinski definition) is 5. The van der Waals surface area contributed by atoms with Crippen LogP contribution in [0.25, 0.3) is 0 Å². The van der Waals surface area contributed by atoms with Crippen molar-refractivity contribution in [1.29, 1.82) is 0 Å². The number of aromatic nitrogens is 2. The zero-order valence-electron chi connectivity index (χ0n) is 8.62. The van der Waals surface area contributed by atoms with Gasteiger partial charge in [-0.1, -0.05) is 35.4 Å². The van der Waals surface area contributed by atoms with Gasteiger partial charge in [0, 0.05) is 6.26 Å². The number of hydrogen-bond donors (Lipinski definition) is 0. The zero-order valence-corrected chi connectivity index (χ0v) is 9.44. The van der Waals surface area contributed by atoms with Crippen molar-refractivity contribution in [3.63, 3.8) is 0 Å². The first kappa shape index (κ1) is 10.8. The highest BCUT2D eigenvalue weighted by Crippen LogP contribution is 2.11. The van der Waals surface area contributed by atoms with Crippen molar-refractivity contribution < 1.29 is 12.8 Å². The van der Waals surface area contributed by atoms with Gasteiger partial charge in [-0.15, -0.1) is 5.10 Å². The summed E-state index contributed by atoms with van der Waals surface area (Å²) in [6, 6.07) is 9.50. The third-order valence-corrected chi connectivity index (χ3v) is 2.76. The maximum Gasteiger partial charge on any atom is 0.335 e. The summed E-state index contributed by atoms with van der Waals surface area (Å²) in [4.78, 5) is 0. The molecule has 2 aromatic rings. The maximum absolute atomic E-state index is 11.1. The Morgan fingerprint density at radius 2 is 1.88 bits per heavy atom. The molecule has 0 N–H and O–H groups in total. The fourth-order valence-corrected chi connectivity index (χ4v) is 1.67. The predicted molar refractivity (Wildman–Crippen MR) is 56.7 cm³/mol. The molecule has 6 heteroatoms. The molecule has 0 amide bonds. The molecule has 0 aliphatic carbocycles. The van der Waals surface area contributed by atoms with Crippen molar-refractivity contribution in [2.45, 2.75) is 11.6 Å². The second-order valence-corrected chi connectivity index (χ2v) is 5.29.